The summed E-state index contributed by atoms with van der Waals surface area (Å²) in [6, 6.07) is 4.21. The molecule has 31 heavy (non-hydrogen) atoms. The van der Waals surface area contributed by atoms with Crippen molar-refractivity contribution in [2.24, 2.45) is 5.92 Å². The Balaban J connectivity index is 2.12. The number of carbonyl (C=O) groups is 5. The predicted octanol–water partition coefficient (Wildman–Crippen LogP) is 0.899. The molecule has 1 aromatic carbocycles. The average Bonchev–Trinajstić information content (AvgIpc) is 3.20. The van der Waals surface area contributed by atoms with Crippen molar-refractivity contribution in [2.45, 2.75) is 58.2 Å². The van der Waals surface area contributed by atoms with Crippen molar-refractivity contribution >= 4 is 30.0 Å². The number of likely N-dealkylation sites (tertiary alicyclic amines) is 1. The average molecular weight is 431 g/mol. The molecule has 1 unspecified atom stereocenters. The number of nitrogens with one attached hydrogen (secondary N) is 2. The van der Waals surface area contributed by atoms with E-state index in [9.17, 15) is 24.0 Å². The summed E-state index contributed by atoms with van der Waals surface area (Å²) in [4.78, 5) is 61.9. The first kappa shape index (κ1) is 24.0. The molecule has 3 amide bonds. The summed E-state index contributed by atoms with van der Waals surface area (Å²) in [5.74, 6) is -2.76. The number of carboxylic acid groups (broad SMARTS) is 1. The second-order valence-corrected chi connectivity index (χ2v) is 8.10. The minimum absolute atomic E-state index is 0.222. The van der Waals surface area contributed by atoms with Crippen LogP contribution in [0.5, 0.6) is 0 Å². The second-order valence-electron chi connectivity index (χ2n) is 8.10. The van der Waals surface area contributed by atoms with Crippen LogP contribution < -0.4 is 10.6 Å². The van der Waals surface area contributed by atoms with E-state index < -0.39 is 36.4 Å². The molecule has 168 valence electrons. The van der Waals surface area contributed by atoms with Gasteiger partial charge >= 0.3 is 5.97 Å². The standard InChI is InChI=1S/C22H29N3O6/c1-13(2)19(24-20(29)15-7-4-6-14(3)10-15)22(31)25-9-5-8-17(25)21(30)23-16(12-26)11-18(27)28/h4,6-7,10,12-13,16-17,19H,5,8-9,11H2,1-3H3,(H,23,30)(H,24,29)(H,27,28)/t16-,17?,19-/m0/s1. The van der Waals surface area contributed by atoms with Gasteiger partial charge < -0.3 is 25.4 Å². The summed E-state index contributed by atoms with van der Waals surface area (Å²) >= 11 is 0. The molecule has 3 atom stereocenters. The Bertz CT molecular complexity index is 853. The van der Waals surface area contributed by atoms with Gasteiger partial charge in [-0.1, -0.05) is 31.5 Å². The quantitative estimate of drug-likeness (QED) is 0.498. The molecular formula is C22H29N3O6. The van der Waals surface area contributed by atoms with E-state index in [1.165, 1.54) is 4.90 Å². The molecule has 0 aromatic heterocycles. The number of benzene rings is 1. The monoisotopic (exact) mass is 431 g/mol. The van der Waals surface area contributed by atoms with Gasteiger partial charge in [0.1, 0.15) is 18.4 Å². The SMILES string of the molecule is Cc1cccc(C(=O)N[C@H](C(=O)N2CCCC2C(=O)N[C@H](C=O)CC(=O)O)C(C)C)c1. The van der Waals surface area contributed by atoms with Crippen molar-refractivity contribution in [1.29, 1.82) is 0 Å². The Morgan fingerprint density at radius 2 is 1.94 bits per heavy atom. The number of nitrogens with zero attached hydrogens (tertiary/aromatic N) is 1. The fourth-order valence-corrected chi connectivity index (χ4v) is 3.61. The maximum absolute atomic E-state index is 13.2. The summed E-state index contributed by atoms with van der Waals surface area (Å²) < 4.78 is 0. The number of amides is 3. The molecule has 1 aromatic rings. The van der Waals surface area contributed by atoms with E-state index >= 15 is 0 Å². The number of hydrogen-bond donors (Lipinski definition) is 3. The molecule has 0 saturated carbocycles. The van der Waals surface area contributed by atoms with E-state index in [1.54, 1.807) is 32.0 Å². The minimum atomic E-state index is -1.21. The van der Waals surface area contributed by atoms with E-state index in [2.05, 4.69) is 10.6 Å². The van der Waals surface area contributed by atoms with Gasteiger partial charge in [-0.2, -0.15) is 0 Å². The van der Waals surface area contributed by atoms with Crippen LogP contribution in [0.4, 0.5) is 0 Å². The fraction of sp³-hybridized carbons (Fsp3) is 0.500. The first-order chi connectivity index (χ1) is 14.6. The molecule has 9 heteroatoms. The molecule has 1 saturated heterocycles. The number of carboxylic acids is 1. The second kappa shape index (κ2) is 10.7. The minimum Gasteiger partial charge on any atom is -0.481 e. The first-order valence-electron chi connectivity index (χ1n) is 10.3. The smallest absolute Gasteiger partial charge is 0.305 e. The van der Waals surface area contributed by atoms with Gasteiger partial charge in [0, 0.05) is 12.1 Å². The molecule has 1 aliphatic rings. The molecule has 0 bridgehead atoms. The molecule has 1 heterocycles. The van der Waals surface area contributed by atoms with Crippen molar-refractivity contribution in [3.63, 3.8) is 0 Å². The van der Waals surface area contributed by atoms with Gasteiger partial charge in [-0.3, -0.25) is 19.2 Å². The molecule has 0 radical (unpaired) electrons. The third-order valence-corrected chi connectivity index (χ3v) is 5.22. The van der Waals surface area contributed by atoms with Crippen LogP contribution in [0.15, 0.2) is 24.3 Å². The predicted molar refractivity (Wildman–Crippen MR) is 112 cm³/mol. The van der Waals surface area contributed by atoms with E-state index in [0.717, 1.165) is 5.56 Å². The van der Waals surface area contributed by atoms with Crippen LogP contribution in [-0.2, 0) is 19.2 Å². The number of aryl methyl sites for hydroxylation is 1. The summed E-state index contributed by atoms with van der Waals surface area (Å²) in [6.07, 6.45) is 0.821. The number of hydrogen-bond acceptors (Lipinski definition) is 5. The lowest BCUT2D eigenvalue weighted by Crippen LogP contribution is -2.56. The van der Waals surface area contributed by atoms with E-state index in [1.807, 2.05) is 13.0 Å². The third kappa shape index (κ3) is 6.37. The van der Waals surface area contributed by atoms with Gasteiger partial charge in [0.25, 0.3) is 5.91 Å². The summed E-state index contributed by atoms with van der Waals surface area (Å²) in [7, 11) is 0. The van der Waals surface area contributed by atoms with Crippen LogP contribution in [0, 0.1) is 12.8 Å². The number of carbonyl (C=O) groups excluding carboxylic acids is 4. The lowest BCUT2D eigenvalue weighted by molar-refractivity contribution is -0.142. The zero-order chi connectivity index (χ0) is 23.1. The summed E-state index contributed by atoms with van der Waals surface area (Å²) in [6.45, 7) is 5.82. The van der Waals surface area contributed by atoms with Crippen LogP contribution in [0.3, 0.4) is 0 Å². The Hall–Kier alpha value is -3.23. The summed E-state index contributed by atoms with van der Waals surface area (Å²) in [5, 5.41) is 14.0. The molecular weight excluding hydrogens is 402 g/mol. The van der Waals surface area contributed by atoms with Crippen molar-refractivity contribution in [3.05, 3.63) is 35.4 Å². The Morgan fingerprint density at radius 3 is 2.52 bits per heavy atom. The molecule has 9 nitrogen and oxygen atoms in total. The van der Waals surface area contributed by atoms with E-state index in [0.29, 0.717) is 31.2 Å². The van der Waals surface area contributed by atoms with E-state index in [-0.39, 0.29) is 17.7 Å². The highest BCUT2D eigenvalue weighted by Crippen LogP contribution is 2.21. The van der Waals surface area contributed by atoms with Gasteiger partial charge in [0.2, 0.25) is 11.8 Å². The highest BCUT2D eigenvalue weighted by molar-refractivity contribution is 5.99. The maximum atomic E-state index is 13.2. The van der Waals surface area contributed by atoms with Gasteiger partial charge in [-0.05, 0) is 37.8 Å². The van der Waals surface area contributed by atoms with Gasteiger partial charge in [-0.25, -0.2) is 0 Å². The zero-order valence-corrected chi connectivity index (χ0v) is 18.0. The zero-order valence-electron chi connectivity index (χ0n) is 18.0. The van der Waals surface area contributed by atoms with Crippen LogP contribution in [0.2, 0.25) is 0 Å². The summed E-state index contributed by atoms with van der Waals surface area (Å²) in [5.41, 5.74) is 1.36. The fourth-order valence-electron chi connectivity index (χ4n) is 3.61. The number of aliphatic carboxylic acids is 1. The lowest BCUT2D eigenvalue weighted by atomic mass is 10.0. The largest absolute Gasteiger partial charge is 0.481 e. The molecule has 0 spiro atoms. The Morgan fingerprint density at radius 1 is 1.23 bits per heavy atom. The van der Waals surface area contributed by atoms with Gasteiger partial charge in [0.15, 0.2) is 0 Å². The van der Waals surface area contributed by atoms with E-state index in [4.69, 9.17) is 5.11 Å². The Kier molecular flexibility index (Phi) is 8.30. The van der Waals surface area contributed by atoms with Gasteiger partial charge in [0.05, 0.1) is 12.5 Å². The molecule has 1 fully saturated rings. The lowest BCUT2D eigenvalue weighted by Gasteiger charge is -2.31. The van der Waals surface area contributed by atoms with Gasteiger partial charge in [-0.15, -0.1) is 0 Å². The van der Waals surface area contributed by atoms with Crippen molar-refractivity contribution in [1.82, 2.24) is 15.5 Å². The van der Waals surface area contributed by atoms with Crippen molar-refractivity contribution < 1.29 is 29.1 Å². The van der Waals surface area contributed by atoms with Crippen molar-refractivity contribution in [3.8, 4) is 0 Å². The molecule has 0 aliphatic carbocycles. The highest BCUT2D eigenvalue weighted by atomic mass is 16.4. The number of rotatable bonds is 9. The maximum Gasteiger partial charge on any atom is 0.305 e. The molecule has 1 aliphatic heterocycles. The highest BCUT2D eigenvalue weighted by Gasteiger charge is 2.39. The molecule has 3 N–H and O–H groups in total. The first-order valence-corrected chi connectivity index (χ1v) is 10.3. The van der Waals surface area contributed by atoms with Crippen LogP contribution in [-0.4, -0.2) is 64.7 Å². The third-order valence-electron chi connectivity index (χ3n) is 5.22. The normalized spacial score (nSPS) is 17.7. The Labute approximate surface area is 181 Å². The topological polar surface area (TPSA) is 133 Å². The van der Waals surface area contributed by atoms with Crippen LogP contribution in [0.25, 0.3) is 0 Å². The number of aldehydes is 1. The van der Waals surface area contributed by atoms with Crippen molar-refractivity contribution in [2.75, 3.05) is 6.54 Å². The van der Waals surface area contributed by atoms with Crippen LogP contribution in [0.1, 0.15) is 49.0 Å². The van der Waals surface area contributed by atoms with Crippen LogP contribution >= 0.6 is 0 Å². The molecule has 2 rings (SSSR count).